The summed E-state index contributed by atoms with van der Waals surface area (Å²) >= 11 is 0. The molecule has 1 aliphatic rings. The zero-order valence-corrected chi connectivity index (χ0v) is 11.6. The minimum Gasteiger partial charge on any atom is -0.457 e. The molecule has 0 spiro atoms. The Morgan fingerprint density at radius 1 is 1.21 bits per heavy atom. The molecule has 2 heterocycles. The average molecular weight is 291 g/mol. The van der Waals surface area contributed by atoms with Crippen molar-refractivity contribution in [3.05, 3.63) is 61.5 Å². The van der Waals surface area contributed by atoms with E-state index in [0.717, 1.165) is 36.4 Å². The average Bonchev–Trinajstić information content (AvgIpc) is 2.68. The van der Waals surface area contributed by atoms with Gasteiger partial charge in [0.2, 0.25) is 0 Å². The van der Waals surface area contributed by atoms with Gasteiger partial charge in [-0.15, -0.1) is 0 Å². The fraction of sp³-hybridized carbons (Fsp3) is 0.0769. The highest BCUT2D eigenvalue weighted by molar-refractivity contribution is 7.67. The minimum atomic E-state index is -0.281. The lowest BCUT2D eigenvalue weighted by molar-refractivity contribution is 0.441. The summed E-state index contributed by atoms with van der Waals surface area (Å²) in [5.41, 5.74) is 2.50. The van der Waals surface area contributed by atoms with E-state index < -0.39 is 0 Å². The van der Waals surface area contributed by atoms with Crippen LogP contribution in [0.2, 0.25) is 0 Å². The monoisotopic (exact) mass is 291 g/mol. The molecule has 0 amide bonds. The van der Waals surface area contributed by atoms with E-state index in [1.807, 2.05) is 19.1 Å². The highest BCUT2D eigenvalue weighted by atomic mass is 32.9. The first-order valence-corrected chi connectivity index (χ1v) is 7.63. The van der Waals surface area contributed by atoms with Gasteiger partial charge in [0.25, 0.3) is 0 Å². The van der Waals surface area contributed by atoms with Crippen LogP contribution >= 0.6 is 20.7 Å². The summed E-state index contributed by atoms with van der Waals surface area (Å²) in [5, 5.41) is 0. The van der Waals surface area contributed by atoms with Gasteiger partial charge in [0.05, 0.1) is 5.69 Å². The lowest BCUT2D eigenvalue weighted by Crippen LogP contribution is -2.21. The Labute approximate surface area is 115 Å². The van der Waals surface area contributed by atoms with Crippen LogP contribution in [0.1, 0.15) is 12.5 Å². The fourth-order valence-electron chi connectivity index (χ4n) is 1.98. The topological polar surface area (TPSA) is 48.3 Å². The molecule has 3 rings (SSSR count). The van der Waals surface area contributed by atoms with Gasteiger partial charge in [0, 0.05) is 11.6 Å². The molecule has 6 heteroatoms. The predicted molar refractivity (Wildman–Crippen MR) is 77.5 cm³/mol. The van der Waals surface area contributed by atoms with Crippen molar-refractivity contribution in [1.82, 2.24) is 4.57 Å². The highest BCUT2D eigenvalue weighted by Gasteiger charge is 2.15. The highest BCUT2D eigenvalue weighted by Crippen LogP contribution is 2.33. The van der Waals surface area contributed by atoms with E-state index in [0.29, 0.717) is 17.2 Å². The molecule has 0 atom stereocenters. The van der Waals surface area contributed by atoms with Crippen LogP contribution < -0.4 is 14.5 Å². The van der Waals surface area contributed by atoms with Crippen LogP contribution in [0, 0.1) is 0 Å². The van der Waals surface area contributed by atoms with Crippen molar-refractivity contribution in [3.8, 4) is 11.4 Å². The molecule has 0 saturated heterocycles. The maximum absolute atomic E-state index is 11.7. The maximum atomic E-state index is 11.7. The molecule has 0 unspecified atom stereocenters. The molecule has 1 aromatic carbocycles. The van der Waals surface area contributed by atoms with Gasteiger partial charge in [-0.2, -0.15) is 0 Å². The third kappa shape index (κ3) is 1.98. The number of hydrogen-bond acceptors (Lipinski definition) is 5. The number of hydrogen-bond donors (Lipinski definition) is 0. The Balaban J connectivity index is 2.21. The molecule has 4 nitrogen and oxygen atoms in total. The smallest absolute Gasteiger partial charge is 0.325 e. The van der Waals surface area contributed by atoms with Gasteiger partial charge in [0.15, 0.2) is 0 Å². The second kappa shape index (κ2) is 4.32. The van der Waals surface area contributed by atoms with Crippen molar-refractivity contribution in [1.29, 1.82) is 0 Å². The lowest BCUT2D eigenvalue weighted by Gasteiger charge is -2.18. The first-order valence-electron chi connectivity index (χ1n) is 5.48. The van der Waals surface area contributed by atoms with E-state index in [1.54, 1.807) is 12.1 Å². The predicted octanol–water partition coefficient (Wildman–Crippen LogP) is 2.63. The fourth-order valence-corrected chi connectivity index (χ4v) is 3.58. The Hall–Kier alpha value is -1.92. The summed E-state index contributed by atoms with van der Waals surface area (Å²) in [6.07, 6.45) is 1.85. The van der Waals surface area contributed by atoms with Crippen LogP contribution in [0.15, 0.2) is 46.2 Å². The van der Waals surface area contributed by atoms with Crippen molar-refractivity contribution in [3.63, 3.8) is 0 Å². The first-order chi connectivity index (χ1) is 9.06. The van der Waals surface area contributed by atoms with Gasteiger partial charge in [0.1, 0.15) is 11.5 Å². The number of allylic oxidation sites excluding steroid dienone is 2. The molecule has 0 radical (unpaired) electrons. The molecular weight excluding hydrogens is 282 g/mol. The Morgan fingerprint density at radius 2 is 1.89 bits per heavy atom. The van der Waals surface area contributed by atoms with Crippen LogP contribution in [-0.4, -0.2) is 4.57 Å². The van der Waals surface area contributed by atoms with Gasteiger partial charge in [-0.3, -0.25) is 9.59 Å². The zero-order valence-electron chi connectivity index (χ0n) is 10.0. The van der Waals surface area contributed by atoms with Crippen LogP contribution in [0.25, 0.3) is 11.3 Å². The van der Waals surface area contributed by atoms with E-state index in [-0.39, 0.29) is 9.75 Å². The number of rotatable bonds is 1. The summed E-state index contributed by atoms with van der Waals surface area (Å²) in [4.78, 5) is 22.8. The Kier molecular flexibility index (Phi) is 2.76. The summed E-state index contributed by atoms with van der Waals surface area (Å²) in [5.74, 6) is 1.16. The first kappa shape index (κ1) is 12.1. The number of ether oxygens (including phenoxy) is 1. The summed E-state index contributed by atoms with van der Waals surface area (Å²) < 4.78 is 6.69. The minimum absolute atomic E-state index is 0.281. The summed E-state index contributed by atoms with van der Waals surface area (Å²) in [7, 11) is 1.86. The summed E-state index contributed by atoms with van der Waals surface area (Å²) in [6.45, 7) is 5.73. The van der Waals surface area contributed by atoms with Gasteiger partial charge in [-0.25, -0.2) is 4.57 Å². The van der Waals surface area contributed by atoms with Crippen LogP contribution in [0.3, 0.4) is 0 Å². The van der Waals surface area contributed by atoms with E-state index >= 15 is 0 Å². The number of benzene rings is 1. The summed E-state index contributed by atoms with van der Waals surface area (Å²) in [6, 6.07) is 5.28. The van der Waals surface area contributed by atoms with Gasteiger partial charge in [-0.1, -0.05) is 6.58 Å². The van der Waals surface area contributed by atoms with E-state index in [4.69, 9.17) is 4.74 Å². The Bertz CT molecular complexity index is 795. The second-order valence-electron chi connectivity index (χ2n) is 4.11. The molecular formula is C13H9NO3S2. The van der Waals surface area contributed by atoms with Crippen molar-refractivity contribution in [2.75, 3.05) is 0 Å². The van der Waals surface area contributed by atoms with Gasteiger partial charge < -0.3 is 4.74 Å². The zero-order chi connectivity index (χ0) is 13.6. The maximum Gasteiger partial charge on any atom is 0.325 e. The van der Waals surface area contributed by atoms with Crippen molar-refractivity contribution >= 4 is 26.3 Å². The SMILES string of the molecule is C=C1C=C(C)c2ccc(-n3c(=O)ssc3=O)cc2O1. The van der Waals surface area contributed by atoms with E-state index in [1.165, 1.54) is 0 Å². The molecule has 0 N–H and O–H groups in total. The van der Waals surface area contributed by atoms with Crippen LogP contribution in [0.4, 0.5) is 0 Å². The molecule has 0 bridgehead atoms. The Morgan fingerprint density at radius 3 is 2.58 bits per heavy atom. The second-order valence-corrected chi connectivity index (χ2v) is 6.14. The third-order valence-electron chi connectivity index (χ3n) is 2.82. The largest absolute Gasteiger partial charge is 0.457 e. The molecule has 0 saturated carbocycles. The standard InChI is InChI=1S/C13H9NO3S2/c1-7-5-8(2)17-11-6-9(3-4-10(7)11)14-12(15)18-19-13(14)16/h3-6H,2H2,1H3. The number of nitrogens with zero attached hydrogens (tertiary/aromatic N) is 1. The number of fused-ring (bicyclic) bond motifs is 1. The van der Waals surface area contributed by atoms with E-state index in [2.05, 4.69) is 6.58 Å². The quantitative estimate of drug-likeness (QED) is 0.759. The normalized spacial score (nSPS) is 13.7. The molecule has 1 aliphatic heterocycles. The van der Waals surface area contributed by atoms with Crippen LogP contribution in [0.5, 0.6) is 5.75 Å². The van der Waals surface area contributed by atoms with Gasteiger partial charge in [-0.05, 0) is 51.4 Å². The molecule has 0 fully saturated rings. The van der Waals surface area contributed by atoms with E-state index in [9.17, 15) is 9.59 Å². The molecule has 2 aromatic rings. The van der Waals surface area contributed by atoms with Crippen molar-refractivity contribution < 1.29 is 4.74 Å². The van der Waals surface area contributed by atoms with Crippen molar-refractivity contribution in [2.24, 2.45) is 0 Å². The molecule has 19 heavy (non-hydrogen) atoms. The number of aromatic nitrogens is 1. The van der Waals surface area contributed by atoms with Gasteiger partial charge >= 0.3 is 9.75 Å². The molecule has 0 aliphatic carbocycles. The molecule has 96 valence electrons. The lowest BCUT2D eigenvalue weighted by atomic mass is 10.0. The van der Waals surface area contributed by atoms with Crippen LogP contribution in [-0.2, 0) is 0 Å². The molecule has 1 aromatic heterocycles. The third-order valence-corrected chi connectivity index (χ3v) is 4.66. The van der Waals surface area contributed by atoms with Crippen molar-refractivity contribution in [2.45, 2.75) is 6.92 Å².